The maximum atomic E-state index is 3.58. The van der Waals surface area contributed by atoms with Crippen molar-refractivity contribution in [3.8, 4) is 0 Å². The molecular weight excluding hydrogens is 242 g/mol. The van der Waals surface area contributed by atoms with E-state index in [9.17, 15) is 0 Å². The number of fused-ring (bicyclic) bond motifs is 1. The second-order valence-corrected chi connectivity index (χ2v) is 6.39. The number of aromatic nitrogens is 1. The number of hydrogen-bond donors (Lipinski definition) is 1. The molecule has 0 saturated heterocycles. The predicted molar refractivity (Wildman–Crippen MR) is 87.2 cm³/mol. The van der Waals surface area contributed by atoms with Crippen molar-refractivity contribution in [2.24, 2.45) is 0 Å². The van der Waals surface area contributed by atoms with Crippen molar-refractivity contribution in [3.63, 3.8) is 0 Å². The number of aromatic amines is 1. The summed E-state index contributed by atoms with van der Waals surface area (Å²) in [7, 11) is 0. The molecular formula is C19H27N. The Bertz CT molecular complexity index is 513. The third kappa shape index (κ3) is 3.26. The van der Waals surface area contributed by atoms with Crippen molar-refractivity contribution < 1.29 is 0 Å². The molecule has 0 spiro atoms. The highest BCUT2D eigenvalue weighted by atomic mass is 14.7. The fraction of sp³-hybridized carbons (Fsp3) is 0.579. The minimum absolute atomic E-state index is 0.744. The first-order chi connectivity index (χ1) is 9.95. The predicted octanol–water partition coefficient (Wildman–Crippen LogP) is 6.17. The Kier molecular flexibility index (Phi) is 4.78. The second kappa shape index (κ2) is 6.97. The molecule has 1 nitrogen and oxygen atoms in total. The summed E-state index contributed by atoms with van der Waals surface area (Å²) in [6.07, 6.45) is 16.4. The third-order valence-corrected chi connectivity index (χ3v) is 4.90. The van der Waals surface area contributed by atoms with E-state index in [0.717, 1.165) is 5.92 Å². The van der Waals surface area contributed by atoms with Crippen LogP contribution >= 0.6 is 0 Å². The van der Waals surface area contributed by atoms with Crippen molar-refractivity contribution in [1.82, 2.24) is 4.98 Å². The molecule has 0 radical (unpaired) electrons. The van der Waals surface area contributed by atoms with E-state index >= 15 is 0 Å². The Morgan fingerprint density at radius 2 is 1.35 bits per heavy atom. The van der Waals surface area contributed by atoms with Crippen LogP contribution in [-0.4, -0.2) is 4.98 Å². The van der Waals surface area contributed by atoms with Gasteiger partial charge in [-0.2, -0.15) is 0 Å². The van der Waals surface area contributed by atoms with Gasteiger partial charge in [-0.3, -0.25) is 0 Å². The first-order valence-electron chi connectivity index (χ1n) is 8.51. The van der Waals surface area contributed by atoms with Crippen molar-refractivity contribution >= 4 is 10.8 Å². The Labute approximate surface area is 122 Å². The van der Waals surface area contributed by atoms with Gasteiger partial charge in [0.15, 0.2) is 0 Å². The molecule has 1 saturated carbocycles. The summed E-state index contributed by atoms with van der Waals surface area (Å²) in [4.78, 5) is 3.58. The zero-order valence-electron chi connectivity index (χ0n) is 12.5. The lowest BCUT2D eigenvalue weighted by molar-refractivity contribution is 0.509. The van der Waals surface area contributed by atoms with E-state index in [1.54, 1.807) is 0 Å². The molecule has 1 fully saturated rings. The zero-order valence-corrected chi connectivity index (χ0v) is 12.5. The van der Waals surface area contributed by atoms with Crippen LogP contribution in [-0.2, 0) is 0 Å². The van der Waals surface area contributed by atoms with Crippen LogP contribution in [0.25, 0.3) is 10.8 Å². The standard InChI is InChI=1S/C19H27N/c1-2-4-6-8-12-16(11-7-5-3-1)19-18-14-10-9-13-17(18)15-20-19/h9-10,13-16,20H,1-8,11-12H2. The molecule has 0 amide bonds. The molecule has 1 N–H and O–H groups in total. The molecule has 1 heterocycles. The highest BCUT2D eigenvalue weighted by molar-refractivity contribution is 5.85. The topological polar surface area (TPSA) is 15.8 Å². The van der Waals surface area contributed by atoms with Crippen molar-refractivity contribution in [2.45, 2.75) is 70.1 Å². The highest BCUT2D eigenvalue weighted by Gasteiger charge is 2.16. The normalized spacial score (nSPS) is 19.8. The van der Waals surface area contributed by atoms with E-state index in [2.05, 4.69) is 35.4 Å². The zero-order chi connectivity index (χ0) is 13.6. The van der Waals surface area contributed by atoms with E-state index < -0.39 is 0 Å². The second-order valence-electron chi connectivity index (χ2n) is 6.39. The van der Waals surface area contributed by atoms with Gasteiger partial charge in [-0.25, -0.2) is 0 Å². The minimum Gasteiger partial charge on any atom is -0.364 e. The average molecular weight is 269 g/mol. The number of benzene rings is 1. The summed E-state index contributed by atoms with van der Waals surface area (Å²) < 4.78 is 0. The number of hydrogen-bond acceptors (Lipinski definition) is 0. The van der Waals surface area contributed by atoms with Crippen molar-refractivity contribution in [1.29, 1.82) is 0 Å². The molecule has 2 aromatic rings. The van der Waals surface area contributed by atoms with Gasteiger partial charge >= 0.3 is 0 Å². The van der Waals surface area contributed by atoms with Gasteiger partial charge in [0.25, 0.3) is 0 Å². The monoisotopic (exact) mass is 269 g/mol. The van der Waals surface area contributed by atoms with Crippen LogP contribution in [0.15, 0.2) is 30.5 Å². The van der Waals surface area contributed by atoms with Crippen LogP contribution in [0.3, 0.4) is 0 Å². The number of H-pyrrole nitrogens is 1. The van der Waals surface area contributed by atoms with Crippen LogP contribution < -0.4 is 0 Å². The van der Waals surface area contributed by atoms with Crippen LogP contribution in [0.5, 0.6) is 0 Å². The summed E-state index contributed by atoms with van der Waals surface area (Å²) in [5, 5.41) is 2.82. The Hall–Kier alpha value is -1.24. The fourth-order valence-electron chi connectivity index (χ4n) is 3.71. The number of nitrogens with one attached hydrogen (secondary N) is 1. The lowest BCUT2D eigenvalue weighted by atomic mass is 9.91. The Balaban J connectivity index is 1.77. The summed E-state index contributed by atoms with van der Waals surface area (Å²) >= 11 is 0. The smallest absolute Gasteiger partial charge is 0.0258 e. The molecule has 0 aliphatic heterocycles. The summed E-state index contributed by atoms with van der Waals surface area (Å²) in [5.74, 6) is 0.744. The molecule has 20 heavy (non-hydrogen) atoms. The SMILES string of the molecule is c1ccc2c(C3CCCCCCCCCC3)[nH]cc2c1. The van der Waals surface area contributed by atoms with Crippen LogP contribution in [0.2, 0.25) is 0 Å². The molecule has 0 bridgehead atoms. The minimum atomic E-state index is 0.744. The quantitative estimate of drug-likeness (QED) is 0.637. The Morgan fingerprint density at radius 3 is 2.05 bits per heavy atom. The molecule has 0 atom stereocenters. The van der Waals surface area contributed by atoms with E-state index in [0.29, 0.717) is 0 Å². The van der Waals surface area contributed by atoms with E-state index in [4.69, 9.17) is 0 Å². The molecule has 0 unspecified atom stereocenters. The summed E-state index contributed by atoms with van der Waals surface area (Å²) in [6, 6.07) is 8.81. The average Bonchev–Trinajstić information content (AvgIpc) is 2.87. The summed E-state index contributed by atoms with van der Waals surface area (Å²) in [6.45, 7) is 0. The van der Waals surface area contributed by atoms with Crippen LogP contribution in [0, 0.1) is 0 Å². The molecule has 108 valence electrons. The molecule has 1 aliphatic rings. The van der Waals surface area contributed by atoms with Crippen LogP contribution in [0.1, 0.15) is 75.8 Å². The first-order valence-corrected chi connectivity index (χ1v) is 8.51. The summed E-state index contributed by atoms with van der Waals surface area (Å²) in [5.41, 5.74) is 1.50. The van der Waals surface area contributed by atoms with Gasteiger partial charge in [0, 0.05) is 17.3 Å². The maximum Gasteiger partial charge on any atom is 0.0258 e. The van der Waals surface area contributed by atoms with Crippen molar-refractivity contribution in [3.05, 3.63) is 36.2 Å². The van der Waals surface area contributed by atoms with Gasteiger partial charge in [0.1, 0.15) is 0 Å². The lowest BCUT2D eigenvalue weighted by Gasteiger charge is -2.16. The molecule has 1 heteroatoms. The van der Waals surface area contributed by atoms with E-state index in [1.807, 2.05) is 0 Å². The molecule has 1 aromatic carbocycles. The Morgan fingerprint density at radius 1 is 0.750 bits per heavy atom. The first kappa shape index (κ1) is 13.7. The van der Waals surface area contributed by atoms with E-state index in [-0.39, 0.29) is 0 Å². The van der Waals surface area contributed by atoms with Gasteiger partial charge in [0.2, 0.25) is 0 Å². The lowest BCUT2D eigenvalue weighted by Crippen LogP contribution is -2.00. The molecule has 1 aromatic heterocycles. The van der Waals surface area contributed by atoms with E-state index in [1.165, 1.54) is 80.7 Å². The third-order valence-electron chi connectivity index (χ3n) is 4.90. The molecule has 1 aliphatic carbocycles. The van der Waals surface area contributed by atoms with Gasteiger partial charge in [-0.1, -0.05) is 75.6 Å². The van der Waals surface area contributed by atoms with Gasteiger partial charge in [-0.15, -0.1) is 0 Å². The van der Waals surface area contributed by atoms with Crippen molar-refractivity contribution in [2.75, 3.05) is 0 Å². The van der Waals surface area contributed by atoms with Gasteiger partial charge < -0.3 is 4.98 Å². The fourth-order valence-corrected chi connectivity index (χ4v) is 3.71. The molecule has 3 rings (SSSR count). The maximum absolute atomic E-state index is 3.58. The van der Waals surface area contributed by atoms with Gasteiger partial charge in [0.05, 0.1) is 0 Å². The largest absolute Gasteiger partial charge is 0.364 e. The van der Waals surface area contributed by atoms with Gasteiger partial charge in [-0.05, 0) is 24.1 Å². The van der Waals surface area contributed by atoms with Crippen LogP contribution in [0.4, 0.5) is 0 Å². The number of rotatable bonds is 1. The highest BCUT2D eigenvalue weighted by Crippen LogP contribution is 2.33.